The van der Waals surface area contributed by atoms with Crippen LogP contribution in [0.2, 0.25) is 6.04 Å². The van der Waals surface area contributed by atoms with Crippen molar-refractivity contribution >= 4 is 15.1 Å². The molecule has 15 heavy (non-hydrogen) atoms. The van der Waals surface area contributed by atoms with Crippen LogP contribution in [0.25, 0.3) is 0 Å². The van der Waals surface area contributed by atoms with Gasteiger partial charge in [0.15, 0.2) is 5.78 Å². The highest BCUT2D eigenvalue weighted by atomic mass is 28.3. The lowest BCUT2D eigenvalue weighted by Gasteiger charge is -2.19. The standard InChI is InChI=1S/C11H21O3Si/c1-8(2)11(12)7-15(13-9(3)4)14-10(5)6/h9-10H,1,7H2,2-6H3. The van der Waals surface area contributed by atoms with E-state index in [1.165, 1.54) is 0 Å². The number of allylic oxidation sites excluding steroid dienone is 1. The first kappa shape index (κ1) is 14.5. The predicted octanol–water partition coefficient (Wildman–Crippen LogP) is 2.47. The zero-order valence-corrected chi connectivity index (χ0v) is 11.3. The van der Waals surface area contributed by atoms with Gasteiger partial charge in [-0.1, -0.05) is 6.58 Å². The van der Waals surface area contributed by atoms with Gasteiger partial charge in [0.05, 0.1) is 6.04 Å². The van der Waals surface area contributed by atoms with E-state index in [0.29, 0.717) is 11.6 Å². The second-order valence-corrected chi connectivity index (χ2v) is 5.65. The van der Waals surface area contributed by atoms with Crippen molar-refractivity contribution in [2.45, 2.75) is 52.9 Å². The Bertz CT molecular complexity index is 214. The fraction of sp³-hybridized carbons (Fsp3) is 0.727. The third-order valence-corrected chi connectivity index (χ3v) is 3.59. The summed E-state index contributed by atoms with van der Waals surface area (Å²) in [5, 5.41) is 0. The molecule has 0 spiro atoms. The Balaban J connectivity index is 4.23. The highest BCUT2D eigenvalue weighted by Crippen LogP contribution is 2.08. The molecular formula is C11H21O3Si. The molecule has 3 nitrogen and oxygen atoms in total. The largest absolute Gasteiger partial charge is 0.393 e. The SMILES string of the molecule is C=C(C)C(=O)C[Si](OC(C)C)OC(C)C. The highest BCUT2D eigenvalue weighted by Gasteiger charge is 2.23. The van der Waals surface area contributed by atoms with Crippen LogP contribution >= 0.6 is 0 Å². The summed E-state index contributed by atoms with van der Waals surface area (Å²) in [7, 11) is -1.50. The Morgan fingerprint density at radius 1 is 1.20 bits per heavy atom. The van der Waals surface area contributed by atoms with Gasteiger partial charge in [0.1, 0.15) is 0 Å². The molecule has 0 heterocycles. The Hall–Kier alpha value is -0.453. The lowest BCUT2D eigenvalue weighted by Crippen LogP contribution is -2.31. The summed E-state index contributed by atoms with van der Waals surface area (Å²) in [5.41, 5.74) is 0.567. The molecule has 4 heteroatoms. The van der Waals surface area contributed by atoms with E-state index in [2.05, 4.69) is 6.58 Å². The van der Waals surface area contributed by atoms with Crippen LogP contribution in [0, 0.1) is 0 Å². The predicted molar refractivity (Wildman–Crippen MR) is 62.8 cm³/mol. The monoisotopic (exact) mass is 229 g/mol. The maximum Gasteiger partial charge on any atom is 0.393 e. The molecule has 0 rings (SSSR count). The summed E-state index contributed by atoms with van der Waals surface area (Å²) < 4.78 is 11.2. The molecular weight excluding hydrogens is 208 g/mol. The Labute approximate surface area is 94.3 Å². The van der Waals surface area contributed by atoms with Gasteiger partial charge in [0.25, 0.3) is 0 Å². The second kappa shape index (κ2) is 6.93. The van der Waals surface area contributed by atoms with Crippen molar-refractivity contribution in [1.82, 2.24) is 0 Å². The van der Waals surface area contributed by atoms with Crippen molar-refractivity contribution < 1.29 is 13.6 Å². The van der Waals surface area contributed by atoms with Gasteiger partial charge in [-0.2, -0.15) is 0 Å². The van der Waals surface area contributed by atoms with Crippen molar-refractivity contribution in [2.24, 2.45) is 0 Å². The van der Waals surface area contributed by atoms with E-state index >= 15 is 0 Å². The van der Waals surface area contributed by atoms with Gasteiger partial charge in [0, 0.05) is 12.2 Å². The van der Waals surface area contributed by atoms with E-state index in [0.717, 1.165) is 0 Å². The number of rotatable bonds is 7. The van der Waals surface area contributed by atoms with Gasteiger partial charge in [0.2, 0.25) is 0 Å². The summed E-state index contributed by atoms with van der Waals surface area (Å²) in [6.45, 7) is 13.1. The first-order valence-electron chi connectivity index (χ1n) is 5.20. The van der Waals surface area contributed by atoms with Crippen LogP contribution in [-0.4, -0.2) is 27.3 Å². The number of hydrogen-bond donors (Lipinski definition) is 0. The number of carbonyl (C=O) groups is 1. The summed E-state index contributed by atoms with van der Waals surface area (Å²) in [4.78, 5) is 11.5. The molecule has 0 aromatic carbocycles. The van der Waals surface area contributed by atoms with E-state index in [1.54, 1.807) is 6.92 Å². The van der Waals surface area contributed by atoms with Crippen LogP contribution in [0.1, 0.15) is 34.6 Å². The molecule has 0 aliphatic rings. The van der Waals surface area contributed by atoms with Crippen LogP contribution in [0.5, 0.6) is 0 Å². The summed E-state index contributed by atoms with van der Waals surface area (Å²) in [6.07, 6.45) is 0.186. The molecule has 0 atom stereocenters. The third-order valence-electron chi connectivity index (χ3n) is 1.52. The summed E-state index contributed by atoms with van der Waals surface area (Å²) in [5.74, 6) is 0.0326. The number of ketones is 1. The van der Waals surface area contributed by atoms with Gasteiger partial charge in [-0.15, -0.1) is 0 Å². The van der Waals surface area contributed by atoms with Gasteiger partial charge < -0.3 is 8.85 Å². The molecule has 0 aromatic heterocycles. The molecule has 87 valence electrons. The molecule has 0 amide bonds. The van der Waals surface area contributed by atoms with Gasteiger partial charge in [-0.25, -0.2) is 0 Å². The third kappa shape index (κ3) is 7.47. The first-order valence-corrected chi connectivity index (χ1v) is 6.73. The van der Waals surface area contributed by atoms with E-state index in [1.807, 2.05) is 27.7 Å². The van der Waals surface area contributed by atoms with Crippen molar-refractivity contribution in [3.63, 3.8) is 0 Å². The van der Waals surface area contributed by atoms with Crippen LogP contribution in [0.3, 0.4) is 0 Å². The Kier molecular flexibility index (Phi) is 6.72. The minimum atomic E-state index is -1.50. The van der Waals surface area contributed by atoms with Crippen LogP contribution < -0.4 is 0 Å². The molecule has 0 fully saturated rings. The fourth-order valence-corrected chi connectivity index (χ4v) is 2.76. The number of hydrogen-bond acceptors (Lipinski definition) is 3. The molecule has 0 saturated heterocycles. The zero-order valence-electron chi connectivity index (χ0n) is 10.3. The minimum Gasteiger partial charge on any atom is -0.391 e. The molecule has 0 aliphatic carbocycles. The highest BCUT2D eigenvalue weighted by molar-refractivity contribution is 6.50. The molecule has 0 unspecified atom stereocenters. The maximum absolute atomic E-state index is 11.5. The molecule has 0 N–H and O–H groups in total. The van der Waals surface area contributed by atoms with Crippen LogP contribution in [0.4, 0.5) is 0 Å². The molecule has 0 aliphatic heterocycles. The van der Waals surface area contributed by atoms with E-state index in [9.17, 15) is 4.79 Å². The molecule has 0 bridgehead atoms. The van der Waals surface area contributed by atoms with E-state index in [4.69, 9.17) is 8.85 Å². The zero-order chi connectivity index (χ0) is 12.0. The summed E-state index contributed by atoms with van der Waals surface area (Å²) >= 11 is 0. The van der Waals surface area contributed by atoms with E-state index < -0.39 is 9.28 Å². The lowest BCUT2D eigenvalue weighted by molar-refractivity contribution is -0.114. The topological polar surface area (TPSA) is 35.5 Å². The van der Waals surface area contributed by atoms with Crippen LogP contribution in [0.15, 0.2) is 12.2 Å². The minimum absolute atomic E-state index is 0.0326. The number of Topliss-reactive ketones (excluding diaryl/α,β-unsaturated/α-hetero) is 1. The normalized spacial score (nSPS) is 11.5. The summed E-state index contributed by atoms with van der Waals surface area (Å²) in [6, 6.07) is 0.344. The van der Waals surface area contributed by atoms with Crippen molar-refractivity contribution in [1.29, 1.82) is 0 Å². The molecule has 1 radical (unpaired) electrons. The number of carbonyl (C=O) groups excluding carboxylic acids is 1. The van der Waals surface area contributed by atoms with Gasteiger partial charge >= 0.3 is 9.28 Å². The maximum atomic E-state index is 11.5. The first-order chi connectivity index (χ1) is 6.82. The lowest BCUT2D eigenvalue weighted by atomic mass is 10.2. The quantitative estimate of drug-likeness (QED) is 0.497. The van der Waals surface area contributed by atoms with Crippen molar-refractivity contribution in [3.05, 3.63) is 12.2 Å². The Morgan fingerprint density at radius 3 is 1.87 bits per heavy atom. The van der Waals surface area contributed by atoms with E-state index in [-0.39, 0.29) is 18.0 Å². The van der Waals surface area contributed by atoms with Crippen LogP contribution in [-0.2, 0) is 13.6 Å². The smallest absolute Gasteiger partial charge is 0.391 e. The Morgan fingerprint density at radius 2 is 1.60 bits per heavy atom. The second-order valence-electron chi connectivity index (χ2n) is 4.09. The van der Waals surface area contributed by atoms with Gasteiger partial charge in [-0.3, -0.25) is 4.79 Å². The average molecular weight is 229 g/mol. The average Bonchev–Trinajstić information content (AvgIpc) is 2.00. The fourth-order valence-electron chi connectivity index (χ4n) is 0.919. The molecule has 0 saturated carbocycles. The van der Waals surface area contributed by atoms with Gasteiger partial charge in [-0.05, 0) is 40.2 Å². The van der Waals surface area contributed by atoms with Crippen molar-refractivity contribution in [2.75, 3.05) is 0 Å². The molecule has 0 aromatic rings. The van der Waals surface area contributed by atoms with Crippen molar-refractivity contribution in [3.8, 4) is 0 Å².